The molecule has 0 saturated carbocycles. The van der Waals surface area contributed by atoms with Gasteiger partial charge in [0.25, 0.3) is 0 Å². The average molecular weight is 378 g/mol. The molecular formula is C21H31FN2O3. The molecule has 27 heavy (non-hydrogen) atoms. The monoisotopic (exact) mass is 378 g/mol. The molecule has 1 unspecified atom stereocenters. The van der Waals surface area contributed by atoms with Gasteiger partial charge in [-0.1, -0.05) is 18.2 Å². The maximum absolute atomic E-state index is 13.5. The number of aliphatic hydroxyl groups excluding tert-OH is 1. The maximum Gasteiger partial charge on any atom is 0.225 e. The number of likely N-dealkylation sites (tertiary alicyclic amines) is 2. The second kappa shape index (κ2) is 10.2. The lowest BCUT2D eigenvalue weighted by Crippen LogP contribution is -2.46. The Morgan fingerprint density at radius 1 is 1.15 bits per heavy atom. The van der Waals surface area contributed by atoms with Gasteiger partial charge in [-0.25, -0.2) is 4.39 Å². The highest BCUT2D eigenvalue weighted by Crippen LogP contribution is 2.22. The van der Waals surface area contributed by atoms with Crippen LogP contribution in [-0.2, 0) is 16.1 Å². The molecule has 150 valence electrons. The quantitative estimate of drug-likeness (QED) is 0.792. The highest BCUT2D eigenvalue weighted by Gasteiger charge is 2.29. The number of aliphatic hydroxyl groups is 1. The molecule has 6 heteroatoms. The van der Waals surface area contributed by atoms with Gasteiger partial charge < -0.3 is 19.6 Å². The van der Waals surface area contributed by atoms with Crippen LogP contribution >= 0.6 is 0 Å². The summed E-state index contributed by atoms with van der Waals surface area (Å²) in [4.78, 5) is 16.8. The van der Waals surface area contributed by atoms with Crippen LogP contribution in [0.3, 0.4) is 0 Å². The van der Waals surface area contributed by atoms with Crippen molar-refractivity contribution in [1.82, 2.24) is 9.80 Å². The van der Waals surface area contributed by atoms with E-state index in [0.29, 0.717) is 18.0 Å². The van der Waals surface area contributed by atoms with Crippen LogP contribution < -0.4 is 0 Å². The smallest absolute Gasteiger partial charge is 0.225 e. The normalized spacial score (nSPS) is 20.6. The second-order valence-corrected chi connectivity index (χ2v) is 7.72. The molecule has 1 aromatic carbocycles. The largest absolute Gasteiger partial charge is 0.389 e. The zero-order valence-electron chi connectivity index (χ0n) is 16.0. The fraction of sp³-hybridized carbons (Fsp3) is 0.667. The molecule has 2 saturated heterocycles. The number of ether oxygens (including phenoxy) is 1. The third kappa shape index (κ3) is 5.99. The van der Waals surface area contributed by atoms with Gasteiger partial charge in [0.15, 0.2) is 0 Å². The molecule has 0 spiro atoms. The minimum Gasteiger partial charge on any atom is -0.389 e. The molecule has 2 heterocycles. The zero-order valence-corrected chi connectivity index (χ0v) is 16.0. The molecule has 2 fully saturated rings. The van der Waals surface area contributed by atoms with E-state index >= 15 is 0 Å². The first-order valence-corrected chi connectivity index (χ1v) is 10.1. The Labute approximate surface area is 161 Å². The first-order chi connectivity index (χ1) is 13.1. The van der Waals surface area contributed by atoms with Crippen molar-refractivity contribution in [3.05, 3.63) is 35.6 Å². The van der Waals surface area contributed by atoms with Crippen LogP contribution in [0.5, 0.6) is 0 Å². The number of β-amino-alcohol motifs (C(OH)–C–C–N with tert-alkyl or cyclic N) is 1. The van der Waals surface area contributed by atoms with Crippen LogP contribution in [-0.4, -0.2) is 66.2 Å². The average Bonchev–Trinajstić information content (AvgIpc) is 2.70. The van der Waals surface area contributed by atoms with Gasteiger partial charge in [-0.05, 0) is 51.3 Å². The molecule has 0 aromatic heterocycles. The molecule has 2 aliphatic heterocycles. The first kappa shape index (κ1) is 20.2. The van der Waals surface area contributed by atoms with Gasteiger partial charge in [-0.3, -0.25) is 4.79 Å². The van der Waals surface area contributed by atoms with Crippen LogP contribution in [0.25, 0.3) is 0 Å². The van der Waals surface area contributed by atoms with Crippen molar-refractivity contribution in [2.45, 2.75) is 44.8 Å². The number of piperidine rings is 2. The van der Waals surface area contributed by atoms with E-state index in [4.69, 9.17) is 4.74 Å². The summed E-state index contributed by atoms with van der Waals surface area (Å²) in [6.45, 7) is 4.36. The van der Waals surface area contributed by atoms with E-state index in [2.05, 4.69) is 4.90 Å². The SMILES string of the molecule is O=C(C1CCN(CC(O)COCc2ccccc2F)CC1)N1CCCCC1. The second-order valence-electron chi connectivity index (χ2n) is 7.72. The minimum atomic E-state index is -0.605. The lowest BCUT2D eigenvalue weighted by atomic mass is 9.94. The number of carbonyl (C=O) groups is 1. The van der Waals surface area contributed by atoms with Crippen molar-refractivity contribution in [2.24, 2.45) is 5.92 Å². The molecule has 1 N–H and O–H groups in total. The first-order valence-electron chi connectivity index (χ1n) is 10.1. The predicted octanol–water partition coefficient (Wildman–Crippen LogP) is 2.43. The third-order valence-electron chi connectivity index (χ3n) is 5.60. The summed E-state index contributed by atoms with van der Waals surface area (Å²) in [7, 11) is 0. The standard InChI is InChI=1S/C21H31FN2O3/c22-20-7-3-2-6-18(20)15-27-16-19(25)14-23-12-8-17(9-13-23)21(26)24-10-4-1-5-11-24/h2-3,6-7,17,19,25H,1,4-5,8-16H2. The number of halogens is 1. The Hall–Kier alpha value is -1.50. The predicted molar refractivity (Wildman–Crippen MR) is 102 cm³/mol. The van der Waals surface area contributed by atoms with E-state index in [0.717, 1.165) is 51.9 Å². The molecule has 1 amide bonds. The summed E-state index contributed by atoms with van der Waals surface area (Å²) in [5, 5.41) is 10.2. The number of amides is 1. The summed E-state index contributed by atoms with van der Waals surface area (Å²) >= 11 is 0. The number of nitrogens with zero attached hydrogens (tertiary/aromatic N) is 2. The van der Waals surface area contributed by atoms with Gasteiger partial charge in [0.1, 0.15) is 5.82 Å². The van der Waals surface area contributed by atoms with Gasteiger partial charge in [0.2, 0.25) is 5.91 Å². The van der Waals surface area contributed by atoms with Crippen molar-refractivity contribution in [1.29, 1.82) is 0 Å². The summed E-state index contributed by atoms with van der Waals surface area (Å²) in [5.41, 5.74) is 0.502. The number of hydrogen-bond acceptors (Lipinski definition) is 4. The van der Waals surface area contributed by atoms with Crippen LogP contribution in [0.2, 0.25) is 0 Å². The van der Waals surface area contributed by atoms with Crippen molar-refractivity contribution < 1.29 is 19.0 Å². The lowest BCUT2D eigenvalue weighted by molar-refractivity contribution is -0.138. The molecule has 5 nitrogen and oxygen atoms in total. The van der Waals surface area contributed by atoms with Crippen LogP contribution in [0, 0.1) is 11.7 Å². The van der Waals surface area contributed by atoms with Crippen molar-refractivity contribution in [2.75, 3.05) is 39.3 Å². The Balaban J connectivity index is 1.33. The summed E-state index contributed by atoms with van der Waals surface area (Å²) in [6.07, 6.45) is 4.61. The molecule has 2 aliphatic rings. The molecular weight excluding hydrogens is 347 g/mol. The molecule has 0 bridgehead atoms. The highest BCUT2D eigenvalue weighted by molar-refractivity contribution is 5.79. The summed E-state index contributed by atoms with van der Waals surface area (Å²) < 4.78 is 19.0. The fourth-order valence-corrected chi connectivity index (χ4v) is 4.01. The van der Waals surface area contributed by atoms with Gasteiger partial charge in [0.05, 0.1) is 19.3 Å². The maximum atomic E-state index is 13.5. The number of hydrogen-bond donors (Lipinski definition) is 1. The number of rotatable bonds is 7. The van der Waals surface area contributed by atoms with Crippen molar-refractivity contribution in [3.63, 3.8) is 0 Å². The Bertz CT molecular complexity index is 599. The van der Waals surface area contributed by atoms with Gasteiger partial charge >= 0.3 is 0 Å². The Kier molecular flexibility index (Phi) is 7.61. The van der Waals surface area contributed by atoms with Crippen LogP contribution in [0.15, 0.2) is 24.3 Å². The topological polar surface area (TPSA) is 53.0 Å². The molecule has 1 aromatic rings. The van der Waals surface area contributed by atoms with E-state index in [1.165, 1.54) is 12.5 Å². The Morgan fingerprint density at radius 2 is 1.85 bits per heavy atom. The van der Waals surface area contributed by atoms with Gasteiger partial charge in [0, 0.05) is 31.1 Å². The zero-order chi connectivity index (χ0) is 19.1. The van der Waals surface area contributed by atoms with E-state index in [9.17, 15) is 14.3 Å². The molecule has 3 rings (SSSR count). The molecule has 1 atom stereocenters. The minimum absolute atomic E-state index is 0.133. The lowest BCUT2D eigenvalue weighted by Gasteiger charge is -2.36. The fourth-order valence-electron chi connectivity index (χ4n) is 4.01. The van der Waals surface area contributed by atoms with Gasteiger partial charge in [-0.2, -0.15) is 0 Å². The van der Waals surface area contributed by atoms with E-state index in [-0.39, 0.29) is 24.9 Å². The van der Waals surface area contributed by atoms with E-state index < -0.39 is 6.10 Å². The summed E-state index contributed by atoms with van der Waals surface area (Å²) in [5.74, 6) is 0.171. The Morgan fingerprint density at radius 3 is 2.56 bits per heavy atom. The summed E-state index contributed by atoms with van der Waals surface area (Å²) in [6, 6.07) is 6.51. The van der Waals surface area contributed by atoms with Crippen molar-refractivity contribution >= 4 is 5.91 Å². The molecule has 0 aliphatic carbocycles. The van der Waals surface area contributed by atoms with E-state index in [1.54, 1.807) is 18.2 Å². The number of benzene rings is 1. The third-order valence-corrected chi connectivity index (χ3v) is 5.60. The molecule has 0 radical (unpaired) electrons. The van der Waals surface area contributed by atoms with E-state index in [1.807, 2.05) is 4.90 Å². The highest BCUT2D eigenvalue weighted by atomic mass is 19.1. The van der Waals surface area contributed by atoms with Crippen LogP contribution in [0.4, 0.5) is 4.39 Å². The van der Waals surface area contributed by atoms with Gasteiger partial charge in [-0.15, -0.1) is 0 Å². The van der Waals surface area contributed by atoms with Crippen LogP contribution in [0.1, 0.15) is 37.7 Å². The van der Waals surface area contributed by atoms with Crippen molar-refractivity contribution in [3.8, 4) is 0 Å². The number of carbonyl (C=O) groups excluding carboxylic acids is 1.